The normalized spacial score (nSPS) is 14.3. The van der Waals surface area contributed by atoms with Crippen molar-refractivity contribution in [3.63, 3.8) is 0 Å². The molecule has 2 amide bonds. The van der Waals surface area contributed by atoms with Gasteiger partial charge < -0.3 is 15.5 Å². The molecule has 0 spiro atoms. The highest BCUT2D eigenvalue weighted by Gasteiger charge is 2.32. The number of hydrogen-bond acceptors (Lipinski definition) is 7. The minimum Gasteiger partial charge on any atom is -0.507 e. The first kappa shape index (κ1) is 25.9. The Morgan fingerprint density at radius 2 is 1.84 bits per heavy atom. The molecule has 0 atom stereocenters. The van der Waals surface area contributed by atoms with Crippen molar-refractivity contribution in [1.82, 2.24) is 9.88 Å². The summed E-state index contributed by atoms with van der Waals surface area (Å²) in [6.45, 7) is -0.0108. The number of carboxylic acids is 1. The minimum absolute atomic E-state index is 0.0108. The van der Waals surface area contributed by atoms with Gasteiger partial charge in [-0.3, -0.25) is 14.5 Å². The number of halogens is 2. The number of carbonyl (C=O) groups is 3. The molecule has 8 nitrogen and oxygen atoms in total. The average Bonchev–Trinajstić information content (AvgIpc) is 3.09. The number of thiocarbonyl (C=S) groups is 1. The van der Waals surface area contributed by atoms with E-state index < -0.39 is 35.2 Å². The average molecular weight is 542 g/mol. The van der Waals surface area contributed by atoms with Crippen LogP contribution in [0.2, 0.25) is 0 Å². The van der Waals surface area contributed by atoms with Crippen molar-refractivity contribution >= 4 is 57.8 Å². The molecule has 1 aliphatic heterocycles. The monoisotopic (exact) mass is 541 g/mol. The Morgan fingerprint density at radius 1 is 1.11 bits per heavy atom. The fourth-order valence-electron chi connectivity index (χ4n) is 3.45. The van der Waals surface area contributed by atoms with E-state index in [0.29, 0.717) is 11.4 Å². The van der Waals surface area contributed by atoms with E-state index in [-0.39, 0.29) is 39.0 Å². The van der Waals surface area contributed by atoms with Crippen molar-refractivity contribution in [3.05, 3.63) is 82.4 Å². The summed E-state index contributed by atoms with van der Waals surface area (Å²) < 4.78 is 27.4. The van der Waals surface area contributed by atoms with Gasteiger partial charge in [0.25, 0.3) is 5.91 Å². The number of phenols is 1. The molecule has 188 valence electrons. The summed E-state index contributed by atoms with van der Waals surface area (Å²) in [6, 6.07) is 11.5. The van der Waals surface area contributed by atoms with Crippen LogP contribution in [0.1, 0.15) is 22.5 Å². The molecule has 2 heterocycles. The zero-order chi connectivity index (χ0) is 26.7. The minimum atomic E-state index is -1.30. The third-order valence-electron chi connectivity index (χ3n) is 5.16. The predicted octanol–water partition coefficient (Wildman–Crippen LogP) is 4.66. The summed E-state index contributed by atoms with van der Waals surface area (Å²) in [4.78, 5) is 42.1. The second kappa shape index (κ2) is 10.8. The molecular weight excluding hydrogens is 524 g/mol. The van der Waals surface area contributed by atoms with Gasteiger partial charge in [-0.25, -0.2) is 18.6 Å². The van der Waals surface area contributed by atoms with E-state index in [2.05, 4.69) is 10.3 Å². The van der Waals surface area contributed by atoms with Gasteiger partial charge in [0, 0.05) is 36.3 Å². The van der Waals surface area contributed by atoms with E-state index >= 15 is 0 Å². The van der Waals surface area contributed by atoms with Crippen molar-refractivity contribution < 1.29 is 33.4 Å². The maximum absolute atomic E-state index is 13.6. The Balaban J connectivity index is 1.41. The van der Waals surface area contributed by atoms with E-state index in [4.69, 9.17) is 17.3 Å². The molecule has 1 aliphatic rings. The van der Waals surface area contributed by atoms with Crippen LogP contribution in [0, 0.1) is 11.6 Å². The molecule has 2 aromatic carbocycles. The molecule has 12 heteroatoms. The molecule has 3 N–H and O–H groups in total. The van der Waals surface area contributed by atoms with Gasteiger partial charge in [0.05, 0.1) is 16.3 Å². The van der Waals surface area contributed by atoms with Gasteiger partial charge in [-0.2, -0.15) is 0 Å². The topological polar surface area (TPSA) is 120 Å². The highest BCUT2D eigenvalue weighted by atomic mass is 32.2. The number of benzene rings is 2. The molecule has 0 unspecified atom stereocenters. The zero-order valence-electron chi connectivity index (χ0n) is 18.8. The Bertz CT molecular complexity index is 1460. The lowest BCUT2D eigenvalue weighted by molar-refractivity contribution is -0.122. The maximum atomic E-state index is 13.6. The number of aromatic nitrogens is 1. The van der Waals surface area contributed by atoms with Crippen LogP contribution in [0.15, 0.2) is 59.5 Å². The van der Waals surface area contributed by atoms with Crippen molar-refractivity contribution in [2.45, 2.75) is 6.42 Å². The largest absolute Gasteiger partial charge is 0.507 e. The number of nitrogens with one attached hydrogen (secondary N) is 1. The van der Waals surface area contributed by atoms with E-state index in [0.717, 1.165) is 42.1 Å². The first-order valence-electron chi connectivity index (χ1n) is 10.7. The number of aromatic hydroxyl groups is 1. The Kier molecular flexibility index (Phi) is 7.60. The summed E-state index contributed by atoms with van der Waals surface area (Å²) in [6.07, 6.45) is 1.39. The molecule has 0 saturated carbocycles. The van der Waals surface area contributed by atoms with Crippen LogP contribution in [0.25, 0.3) is 17.3 Å². The molecule has 0 radical (unpaired) electrons. The van der Waals surface area contributed by atoms with E-state index in [1.165, 1.54) is 17.0 Å². The van der Waals surface area contributed by atoms with Gasteiger partial charge >= 0.3 is 5.97 Å². The van der Waals surface area contributed by atoms with E-state index in [9.17, 15) is 28.3 Å². The molecular formula is C25H17F2N3O5S2. The van der Waals surface area contributed by atoms with Crippen LogP contribution in [0.5, 0.6) is 5.75 Å². The number of amides is 2. The SMILES string of the molecule is O=C(CCN1C(=O)/C(=C/c2cccc(-c3cc(F)cc(F)c3)n2)SC1=S)Nc1ccc(C(=O)O)c(O)c1. The Labute approximate surface area is 218 Å². The summed E-state index contributed by atoms with van der Waals surface area (Å²) in [5, 5.41) is 21.2. The van der Waals surface area contributed by atoms with Gasteiger partial charge in [-0.15, -0.1) is 0 Å². The van der Waals surface area contributed by atoms with Crippen LogP contribution in [-0.2, 0) is 9.59 Å². The molecule has 3 aromatic rings. The van der Waals surface area contributed by atoms with Gasteiger partial charge in [0.1, 0.15) is 27.3 Å². The number of anilines is 1. The molecule has 1 aromatic heterocycles. The third kappa shape index (κ3) is 6.16. The van der Waals surface area contributed by atoms with Crippen LogP contribution >= 0.6 is 24.0 Å². The molecule has 1 fully saturated rings. The lowest BCUT2D eigenvalue weighted by atomic mass is 10.1. The van der Waals surface area contributed by atoms with Crippen LogP contribution < -0.4 is 5.32 Å². The summed E-state index contributed by atoms with van der Waals surface area (Å²) in [7, 11) is 0. The maximum Gasteiger partial charge on any atom is 0.339 e. The first-order chi connectivity index (χ1) is 17.6. The third-order valence-corrected chi connectivity index (χ3v) is 6.53. The Morgan fingerprint density at radius 3 is 2.51 bits per heavy atom. The van der Waals surface area contributed by atoms with Crippen molar-refractivity contribution in [2.24, 2.45) is 0 Å². The smallest absolute Gasteiger partial charge is 0.339 e. The fourth-order valence-corrected chi connectivity index (χ4v) is 4.74. The first-order valence-corrected chi connectivity index (χ1v) is 11.9. The van der Waals surface area contributed by atoms with E-state index in [1.54, 1.807) is 18.2 Å². The van der Waals surface area contributed by atoms with Crippen molar-refractivity contribution in [2.75, 3.05) is 11.9 Å². The molecule has 1 saturated heterocycles. The summed E-state index contributed by atoms with van der Waals surface area (Å²) in [5.41, 5.74) is 0.844. The number of carbonyl (C=O) groups excluding carboxylic acids is 2. The zero-order valence-corrected chi connectivity index (χ0v) is 20.4. The lowest BCUT2D eigenvalue weighted by Gasteiger charge is -2.14. The summed E-state index contributed by atoms with van der Waals surface area (Å²) in [5.74, 6) is -4.16. The summed E-state index contributed by atoms with van der Waals surface area (Å²) >= 11 is 6.32. The number of rotatable bonds is 7. The van der Waals surface area contributed by atoms with E-state index in [1.807, 2.05) is 0 Å². The standard InChI is InChI=1S/C25H17F2N3O5S2/c26-14-8-13(9-15(27)10-14)19-3-1-2-16(28-19)12-21-23(33)30(25(36)37-21)7-6-22(32)29-17-4-5-18(24(34)35)20(31)11-17/h1-5,8-12,31H,6-7H2,(H,29,32)(H,34,35)/b21-12-. The van der Waals surface area contributed by atoms with Gasteiger partial charge in [0.2, 0.25) is 5.91 Å². The molecule has 4 rings (SSSR count). The molecule has 0 bridgehead atoms. The van der Waals surface area contributed by atoms with Crippen LogP contribution in [0.4, 0.5) is 14.5 Å². The lowest BCUT2D eigenvalue weighted by Crippen LogP contribution is -2.31. The predicted molar refractivity (Wildman–Crippen MR) is 138 cm³/mol. The van der Waals surface area contributed by atoms with Crippen molar-refractivity contribution in [1.29, 1.82) is 0 Å². The Hall–Kier alpha value is -4.16. The number of carboxylic acid groups (broad SMARTS) is 1. The van der Waals surface area contributed by atoms with Gasteiger partial charge in [-0.1, -0.05) is 30.0 Å². The van der Waals surface area contributed by atoms with Crippen LogP contribution in [0.3, 0.4) is 0 Å². The highest BCUT2D eigenvalue weighted by Crippen LogP contribution is 2.33. The highest BCUT2D eigenvalue weighted by molar-refractivity contribution is 8.26. The molecule has 0 aliphatic carbocycles. The number of nitrogens with zero attached hydrogens (tertiary/aromatic N) is 2. The van der Waals surface area contributed by atoms with Crippen molar-refractivity contribution in [3.8, 4) is 17.0 Å². The number of thioether (sulfide) groups is 1. The van der Waals surface area contributed by atoms with Gasteiger partial charge in [-0.05, 0) is 42.5 Å². The van der Waals surface area contributed by atoms with Gasteiger partial charge in [0.15, 0.2) is 0 Å². The van der Waals surface area contributed by atoms with Crippen LogP contribution in [-0.4, -0.2) is 48.7 Å². The number of hydrogen-bond donors (Lipinski definition) is 3. The second-order valence-electron chi connectivity index (χ2n) is 7.77. The number of aromatic carboxylic acids is 1. The number of pyridine rings is 1. The molecule has 37 heavy (non-hydrogen) atoms. The second-order valence-corrected chi connectivity index (χ2v) is 9.45. The fraction of sp³-hybridized carbons (Fsp3) is 0.0800. The quantitative estimate of drug-likeness (QED) is 0.292.